The Labute approximate surface area is 142 Å². The lowest BCUT2D eigenvalue weighted by Crippen LogP contribution is -2.11. The topological polar surface area (TPSA) is 48.3 Å². The second-order valence-corrected chi connectivity index (χ2v) is 7.95. The van der Waals surface area contributed by atoms with Gasteiger partial charge < -0.3 is 4.74 Å². The predicted octanol–water partition coefficient (Wildman–Crippen LogP) is 3.80. The Morgan fingerprint density at radius 1 is 1.09 bits per heavy atom. The summed E-state index contributed by atoms with van der Waals surface area (Å²) >= 11 is 2.14. The van der Waals surface area contributed by atoms with Gasteiger partial charge in [0.15, 0.2) is 0 Å². The van der Waals surface area contributed by atoms with Crippen LogP contribution in [0.3, 0.4) is 0 Å². The molecule has 0 saturated heterocycles. The van der Waals surface area contributed by atoms with Gasteiger partial charge in [0.25, 0.3) is 10.0 Å². The molecule has 0 amide bonds. The highest BCUT2D eigenvalue weighted by Gasteiger charge is 2.20. The largest absolute Gasteiger partial charge is 0.497 e. The first kappa shape index (κ1) is 15.4. The fraction of sp³-hybridized carbons (Fsp3) is 0.125. The van der Waals surface area contributed by atoms with E-state index >= 15 is 0 Å². The van der Waals surface area contributed by atoms with E-state index in [1.165, 1.54) is 3.97 Å². The average molecular weight is 427 g/mol. The fourth-order valence-corrected chi connectivity index (χ4v) is 4.56. The lowest BCUT2D eigenvalue weighted by molar-refractivity contribution is 0.415. The summed E-state index contributed by atoms with van der Waals surface area (Å²) in [6.07, 6.45) is 1.64. The van der Waals surface area contributed by atoms with Gasteiger partial charge in [0.05, 0.1) is 17.5 Å². The van der Waals surface area contributed by atoms with Gasteiger partial charge in [0, 0.05) is 15.2 Å². The zero-order valence-corrected chi connectivity index (χ0v) is 15.1. The number of methoxy groups -OCH3 is 1. The maximum Gasteiger partial charge on any atom is 0.268 e. The first-order chi connectivity index (χ1) is 10.4. The molecular weight excluding hydrogens is 413 g/mol. The van der Waals surface area contributed by atoms with Crippen molar-refractivity contribution in [3.8, 4) is 5.75 Å². The van der Waals surface area contributed by atoms with Crippen LogP contribution in [0.4, 0.5) is 0 Å². The molecule has 0 fully saturated rings. The number of aryl methyl sites for hydroxylation is 1. The highest BCUT2D eigenvalue weighted by molar-refractivity contribution is 14.1. The Kier molecular flexibility index (Phi) is 3.90. The highest BCUT2D eigenvalue weighted by atomic mass is 127. The van der Waals surface area contributed by atoms with Crippen molar-refractivity contribution < 1.29 is 13.2 Å². The molecule has 4 nitrogen and oxygen atoms in total. The lowest BCUT2D eigenvalue weighted by Gasteiger charge is -2.08. The van der Waals surface area contributed by atoms with Crippen molar-refractivity contribution >= 4 is 43.5 Å². The summed E-state index contributed by atoms with van der Waals surface area (Å²) in [5.41, 5.74) is 1.67. The molecule has 3 aromatic rings. The summed E-state index contributed by atoms with van der Waals surface area (Å²) < 4.78 is 33.1. The third-order valence-electron chi connectivity index (χ3n) is 3.51. The van der Waals surface area contributed by atoms with E-state index in [1.807, 2.05) is 13.0 Å². The number of ether oxygens (including phenoxy) is 1. The molecule has 0 bridgehead atoms. The molecule has 1 aromatic heterocycles. The smallest absolute Gasteiger partial charge is 0.268 e. The summed E-state index contributed by atoms with van der Waals surface area (Å²) in [4.78, 5) is 0.280. The summed E-state index contributed by atoms with van der Waals surface area (Å²) in [7, 11) is -2.02. The van der Waals surface area contributed by atoms with Crippen LogP contribution in [0.5, 0.6) is 5.75 Å². The Balaban J connectivity index is 2.23. The van der Waals surface area contributed by atoms with Crippen molar-refractivity contribution in [3.63, 3.8) is 0 Å². The molecule has 114 valence electrons. The van der Waals surface area contributed by atoms with Crippen LogP contribution in [0.25, 0.3) is 10.9 Å². The van der Waals surface area contributed by atoms with E-state index in [0.717, 1.165) is 14.5 Å². The van der Waals surface area contributed by atoms with E-state index in [4.69, 9.17) is 4.74 Å². The quantitative estimate of drug-likeness (QED) is 0.598. The van der Waals surface area contributed by atoms with E-state index in [1.54, 1.807) is 49.7 Å². The number of rotatable bonds is 3. The van der Waals surface area contributed by atoms with Gasteiger partial charge in [-0.15, -0.1) is 0 Å². The van der Waals surface area contributed by atoms with Crippen LogP contribution in [0.1, 0.15) is 5.56 Å². The first-order valence-corrected chi connectivity index (χ1v) is 9.12. The van der Waals surface area contributed by atoms with Crippen LogP contribution >= 0.6 is 22.6 Å². The molecule has 0 spiro atoms. The molecule has 1 heterocycles. The average Bonchev–Trinajstić information content (AvgIpc) is 2.85. The third kappa shape index (κ3) is 2.50. The first-order valence-electron chi connectivity index (χ1n) is 6.60. The SMILES string of the molecule is COc1ccc2c(c1)c(I)cn2S(=O)(=O)c1ccc(C)cc1. The fourth-order valence-electron chi connectivity index (χ4n) is 2.29. The number of nitrogens with zero attached hydrogens (tertiary/aromatic N) is 1. The van der Waals surface area contributed by atoms with E-state index in [2.05, 4.69) is 22.6 Å². The maximum absolute atomic E-state index is 12.9. The number of aromatic nitrogens is 1. The normalized spacial score (nSPS) is 11.8. The summed E-state index contributed by atoms with van der Waals surface area (Å²) in [6, 6.07) is 12.2. The van der Waals surface area contributed by atoms with Gasteiger partial charge in [-0.3, -0.25) is 0 Å². The Bertz CT molecular complexity index is 943. The number of fused-ring (bicyclic) bond motifs is 1. The van der Waals surface area contributed by atoms with Gasteiger partial charge in [-0.05, 0) is 59.8 Å². The zero-order valence-electron chi connectivity index (χ0n) is 12.1. The zero-order chi connectivity index (χ0) is 15.9. The van der Waals surface area contributed by atoms with E-state index in [9.17, 15) is 8.42 Å². The Hall–Kier alpha value is -1.54. The van der Waals surface area contributed by atoms with Crippen LogP contribution in [-0.2, 0) is 10.0 Å². The van der Waals surface area contributed by atoms with Crippen molar-refractivity contribution in [3.05, 3.63) is 57.8 Å². The van der Waals surface area contributed by atoms with Gasteiger partial charge in [-0.1, -0.05) is 17.7 Å². The van der Waals surface area contributed by atoms with Gasteiger partial charge in [0.1, 0.15) is 5.75 Å². The monoisotopic (exact) mass is 427 g/mol. The molecule has 3 rings (SSSR count). The molecule has 0 N–H and O–H groups in total. The molecule has 0 aliphatic rings. The van der Waals surface area contributed by atoms with Crippen LogP contribution in [0.15, 0.2) is 53.6 Å². The predicted molar refractivity (Wildman–Crippen MR) is 95.0 cm³/mol. The van der Waals surface area contributed by atoms with E-state index in [0.29, 0.717) is 11.3 Å². The van der Waals surface area contributed by atoms with Crippen LogP contribution in [0, 0.1) is 10.5 Å². The van der Waals surface area contributed by atoms with E-state index in [-0.39, 0.29) is 4.90 Å². The van der Waals surface area contributed by atoms with Crippen molar-refractivity contribution in [1.82, 2.24) is 3.97 Å². The van der Waals surface area contributed by atoms with Gasteiger partial charge in [-0.25, -0.2) is 12.4 Å². The lowest BCUT2D eigenvalue weighted by atomic mass is 10.2. The third-order valence-corrected chi connectivity index (χ3v) is 6.05. The second kappa shape index (κ2) is 5.58. The molecule has 2 aromatic carbocycles. The Morgan fingerprint density at radius 2 is 1.77 bits per heavy atom. The molecule has 0 aliphatic carbocycles. The number of hydrogen-bond donors (Lipinski definition) is 0. The van der Waals surface area contributed by atoms with E-state index < -0.39 is 10.0 Å². The molecule has 22 heavy (non-hydrogen) atoms. The maximum atomic E-state index is 12.9. The molecule has 0 atom stereocenters. The van der Waals surface area contributed by atoms with Crippen LogP contribution in [-0.4, -0.2) is 19.5 Å². The minimum atomic E-state index is -3.61. The molecule has 0 radical (unpaired) electrons. The number of benzene rings is 2. The molecule has 0 unspecified atom stereocenters. The van der Waals surface area contributed by atoms with Crippen molar-refractivity contribution in [1.29, 1.82) is 0 Å². The van der Waals surface area contributed by atoms with Crippen LogP contribution in [0.2, 0.25) is 0 Å². The standard InChI is InChI=1S/C16H14INO3S/c1-11-3-6-13(7-4-11)22(19,20)18-10-15(17)14-9-12(21-2)5-8-16(14)18/h3-10H,1-2H3. The van der Waals surface area contributed by atoms with Crippen molar-refractivity contribution in [2.45, 2.75) is 11.8 Å². The number of hydrogen-bond acceptors (Lipinski definition) is 3. The summed E-state index contributed by atoms with van der Waals surface area (Å²) in [6.45, 7) is 1.93. The Morgan fingerprint density at radius 3 is 2.41 bits per heavy atom. The molecule has 0 aliphatic heterocycles. The molecular formula is C16H14INO3S. The summed E-state index contributed by atoms with van der Waals surface area (Å²) in [5.74, 6) is 0.705. The second-order valence-electron chi connectivity index (χ2n) is 4.97. The van der Waals surface area contributed by atoms with Crippen molar-refractivity contribution in [2.24, 2.45) is 0 Å². The highest BCUT2D eigenvalue weighted by Crippen LogP contribution is 2.30. The molecule has 6 heteroatoms. The van der Waals surface area contributed by atoms with Gasteiger partial charge in [-0.2, -0.15) is 0 Å². The minimum Gasteiger partial charge on any atom is -0.497 e. The van der Waals surface area contributed by atoms with Crippen molar-refractivity contribution in [2.75, 3.05) is 7.11 Å². The molecule has 0 saturated carbocycles. The minimum absolute atomic E-state index is 0.280. The number of halogens is 1. The van der Waals surface area contributed by atoms with Crippen LogP contribution < -0.4 is 4.74 Å². The van der Waals surface area contributed by atoms with Gasteiger partial charge in [0.2, 0.25) is 0 Å². The van der Waals surface area contributed by atoms with Gasteiger partial charge >= 0.3 is 0 Å². The summed E-state index contributed by atoms with van der Waals surface area (Å²) in [5, 5.41) is 0.857.